The van der Waals surface area contributed by atoms with Crippen molar-refractivity contribution < 1.29 is 14.3 Å². The van der Waals surface area contributed by atoms with E-state index >= 15 is 0 Å². The highest BCUT2D eigenvalue weighted by Gasteiger charge is 2.12. The first-order chi connectivity index (χ1) is 13.3. The lowest BCUT2D eigenvalue weighted by Gasteiger charge is -2.05. The van der Waals surface area contributed by atoms with Gasteiger partial charge in [0.25, 0.3) is 0 Å². The molecule has 0 atom stereocenters. The quantitative estimate of drug-likeness (QED) is 0.681. The maximum Gasteiger partial charge on any atom is 0.244 e. The van der Waals surface area contributed by atoms with Crippen LogP contribution in [0.4, 0.5) is 0 Å². The molecule has 1 aromatic heterocycles. The van der Waals surface area contributed by atoms with E-state index in [0.29, 0.717) is 18.8 Å². The van der Waals surface area contributed by atoms with Gasteiger partial charge in [-0.05, 0) is 34.9 Å². The number of carbonyl (C=O) groups excluding carboxylic acids is 1. The van der Waals surface area contributed by atoms with Crippen molar-refractivity contribution in [2.24, 2.45) is 0 Å². The van der Waals surface area contributed by atoms with Crippen molar-refractivity contribution in [1.29, 1.82) is 0 Å². The standard InChI is InChI=1S/C20H18N4O3/c25-20(8-6-15-5-7-18-19(9-15)27-14-26-18)22-10-16-1-3-17(4-2-16)11-24-13-21-12-23-24/h1-9,12-13H,10-11,14H2,(H,22,25)/b8-6+. The summed E-state index contributed by atoms with van der Waals surface area (Å²) in [5.41, 5.74) is 3.03. The summed E-state index contributed by atoms with van der Waals surface area (Å²) in [5.74, 6) is 1.27. The molecule has 7 nitrogen and oxygen atoms in total. The lowest BCUT2D eigenvalue weighted by molar-refractivity contribution is -0.116. The first-order valence-corrected chi connectivity index (χ1v) is 8.52. The number of hydrogen-bond acceptors (Lipinski definition) is 5. The summed E-state index contributed by atoms with van der Waals surface area (Å²) < 4.78 is 12.4. The Morgan fingerprint density at radius 3 is 2.74 bits per heavy atom. The zero-order valence-corrected chi connectivity index (χ0v) is 14.5. The Bertz CT molecular complexity index is 950. The molecule has 4 rings (SSSR count). The molecule has 0 radical (unpaired) electrons. The van der Waals surface area contributed by atoms with Gasteiger partial charge in [-0.25, -0.2) is 9.67 Å². The summed E-state index contributed by atoms with van der Waals surface area (Å²) in [5, 5.41) is 6.96. The predicted octanol–water partition coefficient (Wildman–Crippen LogP) is 2.38. The van der Waals surface area contributed by atoms with E-state index < -0.39 is 0 Å². The van der Waals surface area contributed by atoms with Crippen LogP contribution in [0.5, 0.6) is 11.5 Å². The molecule has 0 saturated carbocycles. The Balaban J connectivity index is 1.28. The van der Waals surface area contributed by atoms with Gasteiger partial charge in [-0.3, -0.25) is 4.79 Å². The zero-order chi connectivity index (χ0) is 18.5. The van der Waals surface area contributed by atoms with Crippen molar-refractivity contribution >= 4 is 12.0 Å². The molecule has 0 saturated heterocycles. The third-order valence-corrected chi connectivity index (χ3v) is 4.12. The third kappa shape index (κ3) is 4.33. The van der Waals surface area contributed by atoms with Crippen LogP contribution in [-0.4, -0.2) is 27.5 Å². The zero-order valence-electron chi connectivity index (χ0n) is 14.5. The third-order valence-electron chi connectivity index (χ3n) is 4.12. The highest BCUT2D eigenvalue weighted by molar-refractivity contribution is 5.91. The van der Waals surface area contributed by atoms with E-state index in [0.717, 1.165) is 22.4 Å². The van der Waals surface area contributed by atoms with Crippen molar-refractivity contribution in [3.05, 3.63) is 77.9 Å². The number of carbonyl (C=O) groups is 1. The van der Waals surface area contributed by atoms with Crippen molar-refractivity contribution in [1.82, 2.24) is 20.1 Å². The molecule has 1 aliphatic heterocycles. The Morgan fingerprint density at radius 1 is 1.11 bits per heavy atom. The summed E-state index contributed by atoms with van der Waals surface area (Å²) in [7, 11) is 0. The van der Waals surface area contributed by atoms with Gasteiger partial charge >= 0.3 is 0 Å². The Kier molecular flexibility index (Phi) is 4.82. The molecule has 1 N–H and O–H groups in total. The molecule has 1 amide bonds. The Labute approximate surface area is 156 Å². The Morgan fingerprint density at radius 2 is 1.93 bits per heavy atom. The van der Waals surface area contributed by atoms with Crippen LogP contribution in [0, 0.1) is 0 Å². The second-order valence-electron chi connectivity index (χ2n) is 6.07. The fourth-order valence-electron chi connectivity index (χ4n) is 2.70. The fraction of sp³-hybridized carbons (Fsp3) is 0.150. The van der Waals surface area contributed by atoms with E-state index in [9.17, 15) is 4.79 Å². The molecule has 0 aliphatic carbocycles. The smallest absolute Gasteiger partial charge is 0.244 e. The van der Waals surface area contributed by atoms with Crippen LogP contribution < -0.4 is 14.8 Å². The van der Waals surface area contributed by atoms with Crippen LogP contribution in [0.2, 0.25) is 0 Å². The van der Waals surface area contributed by atoms with E-state index in [1.54, 1.807) is 17.1 Å². The molecule has 3 aromatic rings. The molecule has 1 aliphatic rings. The molecule has 136 valence electrons. The molecule has 2 heterocycles. The summed E-state index contributed by atoms with van der Waals surface area (Å²) in [6.45, 7) is 1.37. The number of benzene rings is 2. The number of aromatic nitrogens is 3. The van der Waals surface area contributed by atoms with Gasteiger partial charge in [0.15, 0.2) is 11.5 Å². The number of hydrogen-bond donors (Lipinski definition) is 1. The number of ether oxygens (including phenoxy) is 2. The van der Waals surface area contributed by atoms with E-state index in [1.165, 1.54) is 12.4 Å². The van der Waals surface area contributed by atoms with Gasteiger partial charge in [-0.15, -0.1) is 0 Å². The average molecular weight is 362 g/mol. The molecular weight excluding hydrogens is 344 g/mol. The molecule has 7 heteroatoms. The molecule has 0 bridgehead atoms. The van der Waals surface area contributed by atoms with Gasteiger partial charge in [0.05, 0.1) is 6.54 Å². The molecule has 2 aromatic carbocycles. The fourth-order valence-corrected chi connectivity index (χ4v) is 2.70. The number of nitrogens with one attached hydrogen (secondary N) is 1. The summed E-state index contributed by atoms with van der Waals surface area (Å²) in [4.78, 5) is 16.0. The van der Waals surface area contributed by atoms with Gasteiger partial charge < -0.3 is 14.8 Å². The van der Waals surface area contributed by atoms with Crippen molar-refractivity contribution in [2.45, 2.75) is 13.1 Å². The van der Waals surface area contributed by atoms with Crippen LogP contribution in [0.25, 0.3) is 6.08 Å². The summed E-state index contributed by atoms with van der Waals surface area (Å²) in [6, 6.07) is 13.6. The highest BCUT2D eigenvalue weighted by atomic mass is 16.7. The van der Waals surface area contributed by atoms with Crippen molar-refractivity contribution in [3.63, 3.8) is 0 Å². The number of nitrogens with zero attached hydrogens (tertiary/aromatic N) is 3. The average Bonchev–Trinajstić information content (AvgIpc) is 3.37. The van der Waals surface area contributed by atoms with E-state index in [2.05, 4.69) is 15.4 Å². The van der Waals surface area contributed by atoms with Crippen LogP contribution in [0.15, 0.2) is 61.2 Å². The summed E-state index contributed by atoms with van der Waals surface area (Å²) >= 11 is 0. The molecular formula is C20H18N4O3. The molecule has 27 heavy (non-hydrogen) atoms. The van der Waals surface area contributed by atoms with E-state index in [-0.39, 0.29) is 12.7 Å². The molecule has 0 fully saturated rings. The molecule has 0 spiro atoms. The number of fused-ring (bicyclic) bond motifs is 1. The summed E-state index contributed by atoms with van der Waals surface area (Å²) in [6.07, 6.45) is 6.46. The Hall–Kier alpha value is -3.61. The minimum Gasteiger partial charge on any atom is -0.454 e. The molecule has 0 unspecified atom stereocenters. The van der Waals surface area contributed by atoms with Gasteiger partial charge in [0, 0.05) is 12.6 Å². The second-order valence-corrected chi connectivity index (χ2v) is 6.07. The largest absolute Gasteiger partial charge is 0.454 e. The van der Waals surface area contributed by atoms with Crippen molar-refractivity contribution in [2.75, 3.05) is 6.79 Å². The minimum absolute atomic E-state index is 0.153. The minimum atomic E-state index is -0.153. The number of rotatable bonds is 6. The predicted molar refractivity (Wildman–Crippen MR) is 99.0 cm³/mol. The first-order valence-electron chi connectivity index (χ1n) is 8.52. The van der Waals surface area contributed by atoms with Crippen LogP contribution >= 0.6 is 0 Å². The van der Waals surface area contributed by atoms with Gasteiger partial charge in [0.2, 0.25) is 12.7 Å². The van der Waals surface area contributed by atoms with Crippen LogP contribution in [0.3, 0.4) is 0 Å². The highest BCUT2D eigenvalue weighted by Crippen LogP contribution is 2.32. The normalized spacial score (nSPS) is 12.4. The monoisotopic (exact) mass is 362 g/mol. The number of amides is 1. The topological polar surface area (TPSA) is 78.3 Å². The lowest BCUT2D eigenvalue weighted by Crippen LogP contribution is -2.20. The SMILES string of the molecule is O=C(/C=C/c1ccc2c(c1)OCO2)NCc1ccc(Cn2cncn2)cc1. The van der Waals surface area contributed by atoms with E-state index in [1.807, 2.05) is 42.5 Å². The van der Waals surface area contributed by atoms with Gasteiger partial charge in [0.1, 0.15) is 12.7 Å². The van der Waals surface area contributed by atoms with Gasteiger partial charge in [-0.1, -0.05) is 30.3 Å². The van der Waals surface area contributed by atoms with Crippen molar-refractivity contribution in [3.8, 4) is 11.5 Å². The maximum absolute atomic E-state index is 12.0. The van der Waals surface area contributed by atoms with Crippen LogP contribution in [-0.2, 0) is 17.9 Å². The maximum atomic E-state index is 12.0. The second kappa shape index (κ2) is 7.74. The van der Waals surface area contributed by atoms with E-state index in [4.69, 9.17) is 9.47 Å². The first kappa shape index (κ1) is 16.8. The van der Waals surface area contributed by atoms with Crippen LogP contribution in [0.1, 0.15) is 16.7 Å². The van der Waals surface area contributed by atoms with Gasteiger partial charge in [-0.2, -0.15) is 5.10 Å². The lowest BCUT2D eigenvalue weighted by atomic mass is 10.1.